The Morgan fingerprint density at radius 1 is 0.943 bits per heavy atom. The van der Waals surface area contributed by atoms with Crippen LogP contribution in [0.2, 0.25) is 0 Å². The minimum absolute atomic E-state index is 0.0936. The summed E-state index contributed by atoms with van der Waals surface area (Å²) in [5, 5.41) is 24.4. The highest BCUT2D eigenvalue weighted by molar-refractivity contribution is 7.99. The van der Waals surface area contributed by atoms with Gasteiger partial charge >= 0.3 is 11.9 Å². The molecule has 0 aliphatic carbocycles. The summed E-state index contributed by atoms with van der Waals surface area (Å²) < 4.78 is 5.39. The van der Waals surface area contributed by atoms with Gasteiger partial charge in [-0.1, -0.05) is 30.0 Å². The third kappa shape index (κ3) is 8.22. The molecule has 1 saturated heterocycles. The molecular formula is C25H29N3O6S. The van der Waals surface area contributed by atoms with Crippen molar-refractivity contribution in [2.75, 3.05) is 57.4 Å². The lowest BCUT2D eigenvalue weighted by Crippen LogP contribution is -2.47. The van der Waals surface area contributed by atoms with Gasteiger partial charge in [0.05, 0.1) is 25.5 Å². The maximum atomic E-state index is 9.55. The molecule has 0 spiro atoms. The summed E-state index contributed by atoms with van der Waals surface area (Å²) in [5.41, 5.74) is 3.53. The lowest BCUT2D eigenvalue weighted by atomic mass is 10.1. The van der Waals surface area contributed by atoms with Crippen LogP contribution in [0.1, 0.15) is 5.56 Å². The number of aliphatic hydroxyl groups excluding tert-OH is 1. The highest BCUT2D eigenvalue weighted by Gasteiger charge is 2.21. The maximum absolute atomic E-state index is 9.55. The lowest BCUT2D eigenvalue weighted by molar-refractivity contribution is -0.134. The number of aliphatic hydroxyl groups is 1. The van der Waals surface area contributed by atoms with Crippen LogP contribution in [-0.4, -0.2) is 90.9 Å². The largest absolute Gasteiger partial charge is 0.478 e. The van der Waals surface area contributed by atoms with Crippen LogP contribution in [0, 0.1) is 0 Å². The first-order valence-electron chi connectivity index (χ1n) is 11.2. The van der Waals surface area contributed by atoms with Gasteiger partial charge in [0.25, 0.3) is 0 Å². The van der Waals surface area contributed by atoms with E-state index in [4.69, 9.17) is 25.0 Å². The van der Waals surface area contributed by atoms with Crippen molar-refractivity contribution < 1.29 is 29.6 Å². The second kappa shape index (κ2) is 13.6. The number of aliphatic imine (C=N–C) groups is 1. The zero-order valence-electron chi connectivity index (χ0n) is 19.2. The van der Waals surface area contributed by atoms with E-state index in [1.807, 2.05) is 12.3 Å². The van der Waals surface area contributed by atoms with Gasteiger partial charge in [0, 0.05) is 72.1 Å². The Hall–Kier alpha value is -3.18. The van der Waals surface area contributed by atoms with E-state index >= 15 is 0 Å². The minimum Gasteiger partial charge on any atom is -0.478 e. The van der Waals surface area contributed by atoms with Crippen molar-refractivity contribution in [2.24, 2.45) is 4.99 Å². The summed E-state index contributed by atoms with van der Waals surface area (Å²) in [5.74, 6) is -2.51. The van der Waals surface area contributed by atoms with Crippen molar-refractivity contribution in [3.63, 3.8) is 0 Å². The van der Waals surface area contributed by atoms with Crippen LogP contribution in [0.3, 0.4) is 0 Å². The van der Waals surface area contributed by atoms with Crippen molar-refractivity contribution in [3.05, 3.63) is 60.2 Å². The van der Waals surface area contributed by atoms with E-state index in [1.165, 1.54) is 21.0 Å². The number of piperazine rings is 1. The number of anilines is 1. The molecule has 9 nitrogen and oxygen atoms in total. The lowest BCUT2D eigenvalue weighted by Gasteiger charge is -2.36. The molecule has 10 heteroatoms. The van der Waals surface area contributed by atoms with Gasteiger partial charge in [0.15, 0.2) is 0 Å². The van der Waals surface area contributed by atoms with E-state index in [2.05, 4.69) is 46.2 Å². The Labute approximate surface area is 208 Å². The van der Waals surface area contributed by atoms with Crippen LogP contribution >= 0.6 is 11.8 Å². The van der Waals surface area contributed by atoms with E-state index < -0.39 is 11.9 Å². The topological polar surface area (TPSA) is 123 Å². The predicted octanol–water partition coefficient (Wildman–Crippen LogP) is 2.74. The molecule has 0 bridgehead atoms. The van der Waals surface area contributed by atoms with Gasteiger partial charge in [0.1, 0.15) is 0 Å². The second-order valence-corrected chi connectivity index (χ2v) is 8.78. The van der Waals surface area contributed by atoms with Gasteiger partial charge in [-0.05, 0) is 24.3 Å². The summed E-state index contributed by atoms with van der Waals surface area (Å²) in [6.45, 7) is 6.18. The highest BCUT2D eigenvalue weighted by atomic mass is 32.2. The number of carboxylic acid groups (broad SMARTS) is 2. The molecule has 4 rings (SSSR count). The van der Waals surface area contributed by atoms with Gasteiger partial charge in [-0.15, -0.1) is 0 Å². The number of fused-ring (bicyclic) bond motifs is 2. The SMILES string of the molecule is O=C(O)/C=C/C(=O)O.OCCOCCN1CCN(c2cccc3c2C=Nc2ccccc2S3)CC1. The zero-order valence-corrected chi connectivity index (χ0v) is 20.1. The summed E-state index contributed by atoms with van der Waals surface area (Å²) in [6, 6.07) is 14.9. The van der Waals surface area contributed by atoms with E-state index in [9.17, 15) is 9.59 Å². The van der Waals surface area contributed by atoms with Crippen LogP contribution < -0.4 is 4.90 Å². The molecule has 2 aromatic rings. The summed E-state index contributed by atoms with van der Waals surface area (Å²) in [4.78, 5) is 31.2. The number of ether oxygens (including phenoxy) is 1. The van der Waals surface area contributed by atoms with Crippen molar-refractivity contribution in [2.45, 2.75) is 9.79 Å². The Balaban J connectivity index is 0.000000371. The van der Waals surface area contributed by atoms with Crippen molar-refractivity contribution in [1.29, 1.82) is 0 Å². The van der Waals surface area contributed by atoms with Gasteiger partial charge in [-0.25, -0.2) is 9.59 Å². The fraction of sp³-hybridized carbons (Fsp3) is 0.320. The molecule has 0 unspecified atom stereocenters. The number of hydrogen-bond donors (Lipinski definition) is 3. The molecule has 2 aliphatic heterocycles. The normalized spacial score (nSPS) is 15.1. The van der Waals surface area contributed by atoms with Gasteiger partial charge in [-0.2, -0.15) is 0 Å². The van der Waals surface area contributed by atoms with Crippen molar-refractivity contribution in [1.82, 2.24) is 4.90 Å². The van der Waals surface area contributed by atoms with Gasteiger partial charge in [-0.3, -0.25) is 9.89 Å². The Morgan fingerprint density at radius 2 is 1.63 bits per heavy atom. The van der Waals surface area contributed by atoms with Gasteiger partial charge < -0.3 is 25.0 Å². The number of para-hydroxylation sites is 1. The minimum atomic E-state index is -1.26. The number of carbonyl (C=O) groups is 2. The molecule has 0 amide bonds. The predicted molar refractivity (Wildman–Crippen MR) is 135 cm³/mol. The average Bonchev–Trinajstić information content (AvgIpc) is 3.05. The number of nitrogens with zero attached hydrogens (tertiary/aromatic N) is 3. The molecule has 186 valence electrons. The molecule has 35 heavy (non-hydrogen) atoms. The Kier molecular flexibility index (Phi) is 10.3. The molecule has 2 aromatic carbocycles. The van der Waals surface area contributed by atoms with E-state index in [0.29, 0.717) is 25.4 Å². The van der Waals surface area contributed by atoms with Gasteiger partial charge in [0.2, 0.25) is 0 Å². The number of aliphatic carboxylic acids is 2. The zero-order chi connectivity index (χ0) is 25.0. The maximum Gasteiger partial charge on any atom is 0.328 e. The molecule has 0 saturated carbocycles. The number of rotatable bonds is 8. The summed E-state index contributed by atoms with van der Waals surface area (Å²) >= 11 is 1.80. The molecular weight excluding hydrogens is 470 g/mol. The Bertz CT molecular complexity index is 1050. The molecule has 2 heterocycles. The summed E-state index contributed by atoms with van der Waals surface area (Å²) in [6.07, 6.45) is 3.14. The number of carboxylic acids is 2. The third-order valence-corrected chi connectivity index (χ3v) is 6.47. The van der Waals surface area contributed by atoms with Crippen molar-refractivity contribution >= 4 is 41.3 Å². The molecule has 1 fully saturated rings. The van der Waals surface area contributed by atoms with Crippen molar-refractivity contribution in [3.8, 4) is 0 Å². The van der Waals surface area contributed by atoms with E-state index in [0.717, 1.165) is 38.4 Å². The second-order valence-electron chi connectivity index (χ2n) is 7.69. The fourth-order valence-electron chi connectivity index (χ4n) is 3.64. The van der Waals surface area contributed by atoms with Crippen LogP contribution in [-0.2, 0) is 14.3 Å². The van der Waals surface area contributed by atoms with E-state index in [1.54, 1.807) is 11.8 Å². The molecule has 0 radical (unpaired) electrons. The first-order valence-corrected chi connectivity index (χ1v) is 12.0. The molecule has 3 N–H and O–H groups in total. The molecule has 0 aromatic heterocycles. The molecule has 2 aliphatic rings. The van der Waals surface area contributed by atoms with Crippen LogP contribution in [0.15, 0.2) is 69.4 Å². The monoisotopic (exact) mass is 499 g/mol. The number of hydrogen-bond acceptors (Lipinski definition) is 8. The third-order valence-electron chi connectivity index (χ3n) is 5.33. The fourth-order valence-corrected chi connectivity index (χ4v) is 4.67. The summed E-state index contributed by atoms with van der Waals surface area (Å²) in [7, 11) is 0. The Morgan fingerprint density at radius 3 is 2.31 bits per heavy atom. The van der Waals surface area contributed by atoms with E-state index in [-0.39, 0.29) is 6.61 Å². The van der Waals surface area contributed by atoms with Crippen LogP contribution in [0.25, 0.3) is 0 Å². The smallest absolute Gasteiger partial charge is 0.328 e. The highest BCUT2D eigenvalue weighted by Crippen LogP contribution is 2.41. The quantitative estimate of drug-likeness (QED) is 0.317. The first-order chi connectivity index (χ1) is 17.0. The van der Waals surface area contributed by atoms with Crippen LogP contribution in [0.5, 0.6) is 0 Å². The number of benzene rings is 2. The van der Waals surface area contributed by atoms with Crippen LogP contribution in [0.4, 0.5) is 11.4 Å². The standard InChI is InChI=1S/C21H25N3O2S.C4H4O4/c25-13-15-26-14-12-23-8-10-24(11-9-23)19-5-3-7-20-17(19)16-22-18-4-1-2-6-21(18)27-20;5-3(6)1-2-4(7)8/h1-7,16,25H,8-15H2;1-2H,(H,5,6)(H,7,8)/b;2-1+. The first kappa shape index (κ1) is 26.4. The molecule has 0 atom stereocenters. The average molecular weight is 500 g/mol.